The van der Waals surface area contributed by atoms with Crippen molar-refractivity contribution in [1.29, 1.82) is 0 Å². The van der Waals surface area contributed by atoms with Crippen LogP contribution in [0.3, 0.4) is 0 Å². The summed E-state index contributed by atoms with van der Waals surface area (Å²) in [6.07, 6.45) is 1.75. The Kier molecular flexibility index (Phi) is 4.41. The van der Waals surface area contributed by atoms with Gasteiger partial charge in [0.25, 0.3) is 0 Å². The molecule has 98 valence electrons. The molecule has 1 saturated heterocycles. The van der Waals surface area contributed by atoms with Gasteiger partial charge < -0.3 is 9.64 Å². The van der Waals surface area contributed by atoms with Gasteiger partial charge in [-0.3, -0.25) is 5.01 Å². The Labute approximate surface area is 107 Å². The standard InChI is InChI=1S/C13H19N3O2/c14-16-10-4-8-15(13(16)17)9-5-11-18-12-6-2-1-3-7-12/h1-3,6-7H,4-5,8-11,14H2. The van der Waals surface area contributed by atoms with Gasteiger partial charge in [-0.2, -0.15) is 0 Å². The van der Waals surface area contributed by atoms with Gasteiger partial charge in [-0.15, -0.1) is 0 Å². The number of hydrogen-bond donors (Lipinski definition) is 1. The van der Waals surface area contributed by atoms with Gasteiger partial charge in [-0.1, -0.05) is 18.2 Å². The third-order valence-corrected chi connectivity index (χ3v) is 2.93. The lowest BCUT2D eigenvalue weighted by Gasteiger charge is -2.32. The number of nitrogens with zero attached hydrogens (tertiary/aromatic N) is 2. The molecule has 1 heterocycles. The lowest BCUT2D eigenvalue weighted by molar-refractivity contribution is 0.126. The zero-order valence-corrected chi connectivity index (χ0v) is 10.4. The minimum absolute atomic E-state index is 0.0824. The van der Waals surface area contributed by atoms with Crippen molar-refractivity contribution in [3.05, 3.63) is 30.3 Å². The van der Waals surface area contributed by atoms with Crippen molar-refractivity contribution in [2.45, 2.75) is 12.8 Å². The molecule has 0 radical (unpaired) electrons. The van der Waals surface area contributed by atoms with Gasteiger partial charge in [0, 0.05) is 19.6 Å². The minimum Gasteiger partial charge on any atom is -0.494 e. The molecule has 5 heteroatoms. The van der Waals surface area contributed by atoms with Crippen LogP contribution in [0.2, 0.25) is 0 Å². The van der Waals surface area contributed by atoms with E-state index in [4.69, 9.17) is 10.6 Å². The number of benzene rings is 1. The fourth-order valence-corrected chi connectivity index (χ4v) is 1.97. The number of hydrogen-bond acceptors (Lipinski definition) is 3. The van der Waals surface area contributed by atoms with Crippen LogP contribution in [0.1, 0.15) is 12.8 Å². The molecule has 0 bridgehead atoms. The summed E-state index contributed by atoms with van der Waals surface area (Å²) < 4.78 is 5.58. The lowest BCUT2D eigenvalue weighted by atomic mass is 10.3. The number of para-hydroxylation sites is 1. The first-order valence-electron chi connectivity index (χ1n) is 6.26. The molecule has 0 unspecified atom stereocenters. The molecular weight excluding hydrogens is 230 g/mol. The highest BCUT2D eigenvalue weighted by Gasteiger charge is 2.22. The first kappa shape index (κ1) is 12.7. The van der Waals surface area contributed by atoms with Crippen molar-refractivity contribution in [2.75, 3.05) is 26.2 Å². The monoisotopic (exact) mass is 249 g/mol. The average molecular weight is 249 g/mol. The summed E-state index contributed by atoms with van der Waals surface area (Å²) in [6, 6.07) is 9.60. The molecule has 0 spiro atoms. The van der Waals surface area contributed by atoms with E-state index in [1.54, 1.807) is 4.90 Å². The molecule has 18 heavy (non-hydrogen) atoms. The van der Waals surface area contributed by atoms with E-state index in [0.717, 1.165) is 25.1 Å². The molecule has 1 aromatic rings. The summed E-state index contributed by atoms with van der Waals surface area (Å²) in [5, 5.41) is 1.28. The first-order chi connectivity index (χ1) is 8.77. The molecule has 1 aliphatic heterocycles. The van der Waals surface area contributed by atoms with Crippen LogP contribution in [-0.2, 0) is 0 Å². The Hall–Kier alpha value is -1.75. The molecular formula is C13H19N3O2. The Morgan fingerprint density at radius 3 is 2.78 bits per heavy atom. The highest BCUT2D eigenvalue weighted by molar-refractivity contribution is 5.74. The van der Waals surface area contributed by atoms with Crippen LogP contribution in [0.25, 0.3) is 0 Å². The molecule has 1 aromatic carbocycles. The van der Waals surface area contributed by atoms with Crippen LogP contribution in [0.15, 0.2) is 30.3 Å². The van der Waals surface area contributed by atoms with Gasteiger partial charge in [-0.25, -0.2) is 10.6 Å². The predicted molar refractivity (Wildman–Crippen MR) is 69.0 cm³/mol. The zero-order valence-electron chi connectivity index (χ0n) is 10.4. The SMILES string of the molecule is NN1CCCN(CCCOc2ccccc2)C1=O. The predicted octanol–water partition coefficient (Wildman–Crippen LogP) is 1.46. The molecule has 0 saturated carbocycles. The molecule has 2 amide bonds. The van der Waals surface area contributed by atoms with Gasteiger partial charge >= 0.3 is 6.03 Å². The van der Waals surface area contributed by atoms with Crippen LogP contribution in [0, 0.1) is 0 Å². The number of rotatable bonds is 5. The number of urea groups is 1. The number of amides is 2. The third kappa shape index (κ3) is 3.37. The van der Waals surface area contributed by atoms with Crippen molar-refractivity contribution in [1.82, 2.24) is 9.91 Å². The van der Waals surface area contributed by atoms with Gasteiger partial charge in [0.05, 0.1) is 6.61 Å². The molecule has 0 atom stereocenters. The molecule has 5 nitrogen and oxygen atoms in total. The van der Waals surface area contributed by atoms with E-state index in [1.807, 2.05) is 30.3 Å². The summed E-state index contributed by atoms with van der Waals surface area (Å²) in [5.41, 5.74) is 0. The van der Waals surface area contributed by atoms with Gasteiger partial charge in [-0.05, 0) is 25.0 Å². The van der Waals surface area contributed by atoms with Crippen molar-refractivity contribution < 1.29 is 9.53 Å². The summed E-state index contributed by atoms with van der Waals surface area (Å²) in [4.78, 5) is 13.5. The summed E-state index contributed by atoms with van der Waals surface area (Å²) in [6.45, 7) is 2.74. The van der Waals surface area contributed by atoms with Crippen molar-refractivity contribution in [3.63, 3.8) is 0 Å². The van der Waals surface area contributed by atoms with Crippen LogP contribution >= 0.6 is 0 Å². The molecule has 2 N–H and O–H groups in total. The van der Waals surface area contributed by atoms with E-state index < -0.39 is 0 Å². The Balaban J connectivity index is 1.68. The minimum atomic E-state index is -0.0824. The summed E-state index contributed by atoms with van der Waals surface area (Å²) >= 11 is 0. The van der Waals surface area contributed by atoms with Crippen molar-refractivity contribution in [2.24, 2.45) is 5.84 Å². The lowest BCUT2D eigenvalue weighted by Crippen LogP contribution is -2.52. The quantitative estimate of drug-likeness (QED) is 0.488. The normalized spacial score (nSPS) is 15.9. The average Bonchev–Trinajstić information content (AvgIpc) is 2.40. The Bertz CT molecular complexity index is 383. The van der Waals surface area contributed by atoms with E-state index in [-0.39, 0.29) is 6.03 Å². The smallest absolute Gasteiger partial charge is 0.334 e. The number of carbonyl (C=O) groups is 1. The molecule has 0 aliphatic carbocycles. The largest absolute Gasteiger partial charge is 0.494 e. The number of ether oxygens (including phenoxy) is 1. The third-order valence-electron chi connectivity index (χ3n) is 2.93. The number of carbonyl (C=O) groups excluding carboxylic acids is 1. The van der Waals surface area contributed by atoms with E-state index in [2.05, 4.69) is 0 Å². The van der Waals surface area contributed by atoms with Gasteiger partial charge in [0.1, 0.15) is 5.75 Å². The maximum Gasteiger partial charge on any atom is 0.334 e. The molecule has 0 aromatic heterocycles. The maximum atomic E-state index is 11.7. The van der Waals surface area contributed by atoms with E-state index in [9.17, 15) is 4.79 Å². The maximum absolute atomic E-state index is 11.7. The topological polar surface area (TPSA) is 58.8 Å². The molecule has 1 fully saturated rings. The van der Waals surface area contributed by atoms with Gasteiger partial charge in [0.15, 0.2) is 0 Å². The molecule has 2 rings (SSSR count). The van der Waals surface area contributed by atoms with E-state index >= 15 is 0 Å². The van der Waals surface area contributed by atoms with Crippen LogP contribution in [0.4, 0.5) is 4.79 Å². The zero-order chi connectivity index (χ0) is 12.8. The Morgan fingerprint density at radius 2 is 2.00 bits per heavy atom. The van der Waals surface area contributed by atoms with Crippen LogP contribution in [-0.4, -0.2) is 42.2 Å². The fraction of sp³-hybridized carbons (Fsp3) is 0.462. The second-order valence-corrected chi connectivity index (χ2v) is 4.33. The van der Waals surface area contributed by atoms with Crippen molar-refractivity contribution in [3.8, 4) is 5.75 Å². The first-order valence-corrected chi connectivity index (χ1v) is 6.26. The van der Waals surface area contributed by atoms with E-state index in [0.29, 0.717) is 19.7 Å². The van der Waals surface area contributed by atoms with Crippen LogP contribution in [0.5, 0.6) is 5.75 Å². The fourth-order valence-electron chi connectivity index (χ4n) is 1.97. The summed E-state index contributed by atoms with van der Waals surface area (Å²) in [5.74, 6) is 6.44. The van der Waals surface area contributed by atoms with Crippen LogP contribution < -0.4 is 10.6 Å². The van der Waals surface area contributed by atoms with Crippen molar-refractivity contribution >= 4 is 6.03 Å². The Morgan fingerprint density at radius 1 is 1.22 bits per heavy atom. The highest BCUT2D eigenvalue weighted by Crippen LogP contribution is 2.09. The second kappa shape index (κ2) is 6.26. The highest BCUT2D eigenvalue weighted by atomic mass is 16.5. The number of hydrazine groups is 1. The van der Waals surface area contributed by atoms with Gasteiger partial charge in [0.2, 0.25) is 0 Å². The second-order valence-electron chi connectivity index (χ2n) is 4.33. The van der Waals surface area contributed by atoms with E-state index in [1.165, 1.54) is 5.01 Å². The summed E-state index contributed by atoms with van der Waals surface area (Å²) in [7, 11) is 0. The number of nitrogens with two attached hydrogens (primary N) is 1. The molecule has 1 aliphatic rings.